The van der Waals surface area contributed by atoms with Crippen LogP contribution in [0.5, 0.6) is 0 Å². The second-order valence-corrected chi connectivity index (χ2v) is 6.86. The Balaban J connectivity index is 0.00000158. The van der Waals surface area contributed by atoms with E-state index in [2.05, 4.69) is 10.3 Å². The number of nitro benzene ring substituents is 1. The van der Waals surface area contributed by atoms with Gasteiger partial charge in [-0.3, -0.25) is 19.7 Å². The highest BCUT2D eigenvalue weighted by Crippen LogP contribution is 2.27. The number of carbonyl (C=O) groups is 2. The number of non-ortho nitro benzene ring substituents is 1. The summed E-state index contributed by atoms with van der Waals surface area (Å²) in [6, 6.07) is 17.5. The first-order chi connectivity index (χ1) is 16.4. The van der Waals surface area contributed by atoms with Gasteiger partial charge in [-0.15, -0.1) is 0 Å². The Morgan fingerprint density at radius 1 is 1.03 bits per heavy atom. The Morgan fingerprint density at radius 2 is 1.68 bits per heavy atom. The zero-order valence-corrected chi connectivity index (χ0v) is 18.5. The van der Waals surface area contributed by atoms with Crippen LogP contribution in [0.1, 0.15) is 29.8 Å². The fourth-order valence-electron chi connectivity index (χ4n) is 3.10. The predicted octanol–water partition coefficient (Wildman–Crippen LogP) is 5.34. The normalized spacial score (nSPS) is 10.5. The van der Waals surface area contributed by atoms with E-state index in [0.717, 1.165) is 16.6 Å². The Labute approximate surface area is 195 Å². The molecule has 0 radical (unpaired) electrons. The van der Waals surface area contributed by atoms with Gasteiger partial charge in [-0.25, -0.2) is 4.98 Å². The van der Waals surface area contributed by atoms with Gasteiger partial charge in [0.05, 0.1) is 10.4 Å². The molecule has 0 aliphatic heterocycles. The lowest BCUT2D eigenvalue weighted by atomic mass is 10.1. The first kappa shape index (κ1) is 23.9. The Bertz CT molecular complexity index is 1360. The van der Waals surface area contributed by atoms with Crippen LogP contribution in [0.25, 0.3) is 28.5 Å². The summed E-state index contributed by atoms with van der Waals surface area (Å²) in [6.45, 7) is 4.00. The van der Waals surface area contributed by atoms with Gasteiger partial charge in [-0.05, 0) is 42.0 Å². The molecule has 0 bridgehead atoms. The molecule has 3 aromatic carbocycles. The summed E-state index contributed by atoms with van der Waals surface area (Å²) in [7, 11) is 0. The number of aldehydes is 1. The zero-order valence-electron chi connectivity index (χ0n) is 18.5. The van der Waals surface area contributed by atoms with Crippen LogP contribution in [0.3, 0.4) is 0 Å². The number of anilines is 1. The van der Waals surface area contributed by atoms with Crippen molar-refractivity contribution in [3.05, 3.63) is 94.0 Å². The van der Waals surface area contributed by atoms with E-state index in [1.807, 2.05) is 13.8 Å². The van der Waals surface area contributed by atoms with E-state index in [-0.39, 0.29) is 22.9 Å². The SMILES string of the molecule is CC.O=Cc1ccc(/C=C/C(=O)Nc2ccc(-c3nc4ccc([N+](=O)[O-])cc4n3O)cc2)cc1. The number of hydrogen-bond acceptors (Lipinski definition) is 6. The summed E-state index contributed by atoms with van der Waals surface area (Å²) >= 11 is 0. The number of aromatic nitrogens is 2. The van der Waals surface area contributed by atoms with Crippen molar-refractivity contribution < 1.29 is 19.7 Å². The molecular weight excluding hydrogens is 436 g/mol. The van der Waals surface area contributed by atoms with Crippen LogP contribution in [0.2, 0.25) is 0 Å². The average molecular weight is 458 g/mol. The van der Waals surface area contributed by atoms with Crippen LogP contribution < -0.4 is 5.32 Å². The van der Waals surface area contributed by atoms with E-state index in [0.29, 0.717) is 22.3 Å². The van der Waals surface area contributed by atoms with Gasteiger partial charge >= 0.3 is 0 Å². The molecule has 0 fully saturated rings. The van der Waals surface area contributed by atoms with Crippen LogP contribution in [-0.2, 0) is 4.79 Å². The number of nitro groups is 1. The lowest BCUT2D eigenvalue weighted by molar-refractivity contribution is -0.384. The van der Waals surface area contributed by atoms with Crippen LogP contribution in [0.4, 0.5) is 11.4 Å². The third-order valence-electron chi connectivity index (χ3n) is 4.74. The Morgan fingerprint density at radius 3 is 2.29 bits per heavy atom. The molecule has 4 aromatic rings. The summed E-state index contributed by atoms with van der Waals surface area (Å²) in [6.07, 6.45) is 3.76. The molecule has 9 heteroatoms. The van der Waals surface area contributed by atoms with E-state index >= 15 is 0 Å². The number of rotatable bonds is 6. The summed E-state index contributed by atoms with van der Waals surface area (Å²) < 4.78 is 0.800. The van der Waals surface area contributed by atoms with Gasteiger partial charge in [0, 0.05) is 35.0 Å². The minimum absolute atomic E-state index is 0.148. The molecule has 172 valence electrons. The number of fused-ring (bicyclic) bond motifs is 1. The van der Waals surface area contributed by atoms with Crippen molar-refractivity contribution in [3.63, 3.8) is 0 Å². The first-order valence-electron chi connectivity index (χ1n) is 10.5. The molecule has 9 nitrogen and oxygen atoms in total. The van der Waals surface area contributed by atoms with Gasteiger partial charge < -0.3 is 10.5 Å². The predicted molar refractivity (Wildman–Crippen MR) is 130 cm³/mol. The van der Waals surface area contributed by atoms with Crippen molar-refractivity contribution in [1.29, 1.82) is 0 Å². The van der Waals surface area contributed by atoms with Crippen molar-refractivity contribution in [2.45, 2.75) is 13.8 Å². The topological polar surface area (TPSA) is 127 Å². The molecule has 0 aliphatic carbocycles. The highest BCUT2D eigenvalue weighted by atomic mass is 16.6. The van der Waals surface area contributed by atoms with Crippen molar-refractivity contribution >= 4 is 40.7 Å². The van der Waals surface area contributed by atoms with Gasteiger partial charge in [0.1, 0.15) is 11.8 Å². The largest absolute Gasteiger partial charge is 0.426 e. The molecule has 0 aliphatic rings. The molecule has 1 heterocycles. The summed E-state index contributed by atoms with van der Waals surface area (Å²) in [5, 5.41) is 24.1. The average Bonchev–Trinajstić information content (AvgIpc) is 3.20. The van der Waals surface area contributed by atoms with E-state index < -0.39 is 4.92 Å². The van der Waals surface area contributed by atoms with Gasteiger partial charge in [0.25, 0.3) is 5.69 Å². The minimum atomic E-state index is -0.543. The van der Waals surface area contributed by atoms with Crippen LogP contribution in [0, 0.1) is 10.1 Å². The van der Waals surface area contributed by atoms with Gasteiger partial charge in [-0.2, -0.15) is 4.73 Å². The lowest BCUT2D eigenvalue weighted by Gasteiger charge is -2.05. The monoisotopic (exact) mass is 458 g/mol. The number of imidazole rings is 1. The minimum Gasteiger partial charge on any atom is -0.426 e. The molecule has 1 aromatic heterocycles. The second-order valence-electron chi connectivity index (χ2n) is 6.86. The first-order valence-corrected chi connectivity index (χ1v) is 10.5. The van der Waals surface area contributed by atoms with E-state index in [1.165, 1.54) is 24.3 Å². The summed E-state index contributed by atoms with van der Waals surface area (Å²) in [4.78, 5) is 37.6. The summed E-state index contributed by atoms with van der Waals surface area (Å²) in [5.74, 6) is -0.115. The molecule has 1 amide bonds. The lowest BCUT2D eigenvalue weighted by Crippen LogP contribution is -2.07. The third kappa shape index (κ3) is 5.33. The number of carbonyl (C=O) groups excluding carboxylic acids is 2. The van der Waals surface area contributed by atoms with Gasteiger partial charge in [0.2, 0.25) is 5.91 Å². The molecule has 34 heavy (non-hydrogen) atoms. The number of nitrogens with zero attached hydrogens (tertiary/aromatic N) is 3. The molecule has 0 unspecified atom stereocenters. The maximum Gasteiger partial charge on any atom is 0.271 e. The van der Waals surface area contributed by atoms with Crippen molar-refractivity contribution in [3.8, 4) is 11.4 Å². The second kappa shape index (κ2) is 10.7. The summed E-state index contributed by atoms with van der Waals surface area (Å²) in [5.41, 5.74) is 2.93. The number of amides is 1. The Kier molecular flexibility index (Phi) is 7.50. The van der Waals surface area contributed by atoms with Gasteiger partial charge in [-0.1, -0.05) is 38.1 Å². The fourth-order valence-corrected chi connectivity index (χ4v) is 3.10. The zero-order chi connectivity index (χ0) is 24.7. The quantitative estimate of drug-likeness (QED) is 0.132. The molecular formula is C25H22N4O5. The third-order valence-corrected chi connectivity index (χ3v) is 4.74. The van der Waals surface area contributed by atoms with Crippen molar-refractivity contribution in [2.24, 2.45) is 0 Å². The molecule has 0 atom stereocenters. The van der Waals surface area contributed by atoms with E-state index in [9.17, 15) is 24.9 Å². The molecule has 0 saturated carbocycles. The van der Waals surface area contributed by atoms with Gasteiger partial charge in [0.15, 0.2) is 5.82 Å². The number of hydrogen-bond donors (Lipinski definition) is 2. The van der Waals surface area contributed by atoms with Crippen LogP contribution >= 0.6 is 0 Å². The Hall–Kier alpha value is -4.79. The van der Waals surface area contributed by atoms with Crippen LogP contribution in [0.15, 0.2) is 72.8 Å². The smallest absolute Gasteiger partial charge is 0.271 e. The fraction of sp³-hybridized carbons (Fsp3) is 0.0800. The molecule has 2 N–H and O–H groups in total. The van der Waals surface area contributed by atoms with Crippen molar-refractivity contribution in [2.75, 3.05) is 5.32 Å². The molecule has 4 rings (SSSR count). The number of benzene rings is 3. The maximum atomic E-state index is 12.2. The van der Waals surface area contributed by atoms with Crippen molar-refractivity contribution in [1.82, 2.24) is 9.71 Å². The molecule has 0 spiro atoms. The highest BCUT2D eigenvalue weighted by Gasteiger charge is 2.15. The number of nitrogens with one attached hydrogen (secondary N) is 1. The standard InChI is InChI=1S/C23H16N4O5.C2H6/c28-14-16-3-1-15(2-4-16)5-12-22(29)24-18-8-6-17(7-9-18)23-25-20-11-10-19(27(31)32)13-21(20)26(23)30;1-2/h1-14,30H,(H,24,29);1-2H3/b12-5+;. The highest BCUT2D eigenvalue weighted by molar-refractivity contribution is 6.02. The van der Waals surface area contributed by atoms with E-state index in [4.69, 9.17) is 0 Å². The molecule has 0 saturated heterocycles. The van der Waals surface area contributed by atoms with E-state index in [1.54, 1.807) is 54.6 Å². The maximum absolute atomic E-state index is 12.2. The van der Waals surface area contributed by atoms with Crippen LogP contribution in [-0.4, -0.2) is 32.0 Å².